The van der Waals surface area contributed by atoms with Gasteiger partial charge in [0.05, 0.1) is 19.0 Å². The van der Waals surface area contributed by atoms with Gasteiger partial charge in [0.1, 0.15) is 16.5 Å². The number of methoxy groups -OCH3 is 1. The monoisotopic (exact) mass is 361 g/mol. The second-order valence-electron chi connectivity index (χ2n) is 6.32. The van der Waals surface area contributed by atoms with Crippen molar-refractivity contribution in [2.24, 2.45) is 0 Å². The van der Waals surface area contributed by atoms with Crippen LogP contribution in [0.2, 0.25) is 0 Å². The number of anilines is 2. The molecule has 0 aliphatic heterocycles. The van der Waals surface area contributed by atoms with Crippen molar-refractivity contribution in [2.45, 2.75) is 43.5 Å². The maximum absolute atomic E-state index is 12.7. The third-order valence-electron chi connectivity index (χ3n) is 4.33. The molecule has 0 saturated heterocycles. The summed E-state index contributed by atoms with van der Waals surface area (Å²) in [6.45, 7) is 1.84. The number of aryl methyl sites for hydroxylation is 1. The van der Waals surface area contributed by atoms with Crippen LogP contribution in [0.5, 0.6) is 5.75 Å². The molecule has 1 aliphatic carbocycles. The Morgan fingerprint density at radius 1 is 1.16 bits per heavy atom. The van der Waals surface area contributed by atoms with Gasteiger partial charge in [-0.1, -0.05) is 18.9 Å². The van der Waals surface area contributed by atoms with Crippen molar-refractivity contribution in [1.29, 1.82) is 0 Å². The Bertz CT molecular complexity index is 829. The van der Waals surface area contributed by atoms with Gasteiger partial charge in [-0.2, -0.15) is 0 Å². The Morgan fingerprint density at radius 2 is 1.92 bits per heavy atom. The quantitative estimate of drug-likeness (QED) is 0.822. The molecular weight excluding hydrogens is 338 g/mol. The highest BCUT2D eigenvalue weighted by Crippen LogP contribution is 2.27. The highest BCUT2D eigenvalue weighted by molar-refractivity contribution is 7.92. The lowest BCUT2D eigenvalue weighted by Gasteiger charge is -2.14. The molecule has 2 N–H and O–H groups in total. The van der Waals surface area contributed by atoms with E-state index in [1.54, 1.807) is 24.3 Å². The Labute approximate surface area is 148 Å². The largest absolute Gasteiger partial charge is 0.495 e. The normalized spacial score (nSPS) is 15.1. The molecule has 0 bridgehead atoms. The van der Waals surface area contributed by atoms with Gasteiger partial charge < -0.3 is 10.1 Å². The van der Waals surface area contributed by atoms with Crippen molar-refractivity contribution >= 4 is 21.5 Å². The molecule has 1 aliphatic rings. The lowest BCUT2D eigenvalue weighted by Crippen LogP contribution is -2.16. The fourth-order valence-electron chi connectivity index (χ4n) is 3.02. The van der Waals surface area contributed by atoms with Crippen LogP contribution in [0.25, 0.3) is 0 Å². The van der Waals surface area contributed by atoms with E-state index in [2.05, 4.69) is 15.0 Å². The molecule has 1 aromatic carbocycles. The van der Waals surface area contributed by atoms with E-state index in [0.29, 0.717) is 17.5 Å². The molecule has 2 aromatic rings. The number of hydrogen-bond acceptors (Lipinski definition) is 5. The third kappa shape index (κ3) is 4.22. The summed E-state index contributed by atoms with van der Waals surface area (Å²) >= 11 is 0. The molecule has 1 aromatic heterocycles. The lowest BCUT2D eigenvalue weighted by molar-refractivity contribution is 0.402. The number of nitrogens with zero attached hydrogens (tertiary/aromatic N) is 1. The van der Waals surface area contributed by atoms with Crippen LogP contribution in [0.1, 0.15) is 31.2 Å². The van der Waals surface area contributed by atoms with Crippen LogP contribution in [0, 0.1) is 6.92 Å². The van der Waals surface area contributed by atoms with E-state index in [9.17, 15) is 8.42 Å². The summed E-state index contributed by atoms with van der Waals surface area (Å²) in [5.74, 6) is 1.08. The van der Waals surface area contributed by atoms with Crippen LogP contribution >= 0.6 is 0 Å². The standard InChI is InChI=1S/C18H23N3O3S/c1-13-7-9-16(24-2)17(11-13)25(22,23)21-15-8-10-18(19-12-15)20-14-5-3-4-6-14/h7-12,14,21H,3-6H2,1-2H3,(H,19,20). The smallest absolute Gasteiger partial charge is 0.265 e. The summed E-state index contributed by atoms with van der Waals surface area (Å²) < 4.78 is 33.1. The van der Waals surface area contributed by atoms with E-state index in [0.717, 1.165) is 24.2 Å². The van der Waals surface area contributed by atoms with Crippen LogP contribution in [0.4, 0.5) is 11.5 Å². The Balaban J connectivity index is 1.75. The summed E-state index contributed by atoms with van der Waals surface area (Å²) in [7, 11) is -2.30. The molecule has 6 nitrogen and oxygen atoms in total. The Morgan fingerprint density at radius 3 is 2.56 bits per heavy atom. The van der Waals surface area contributed by atoms with Gasteiger partial charge in [-0.3, -0.25) is 4.72 Å². The molecule has 1 saturated carbocycles. The predicted molar refractivity (Wildman–Crippen MR) is 98.7 cm³/mol. The zero-order valence-electron chi connectivity index (χ0n) is 14.5. The van der Waals surface area contributed by atoms with Crippen molar-refractivity contribution in [3.63, 3.8) is 0 Å². The van der Waals surface area contributed by atoms with Crippen molar-refractivity contribution in [1.82, 2.24) is 4.98 Å². The van der Waals surface area contributed by atoms with Crippen LogP contribution < -0.4 is 14.8 Å². The second-order valence-corrected chi connectivity index (χ2v) is 7.97. The van der Waals surface area contributed by atoms with Crippen LogP contribution in [0.3, 0.4) is 0 Å². The molecule has 1 heterocycles. The van der Waals surface area contributed by atoms with Crippen molar-refractivity contribution in [3.05, 3.63) is 42.1 Å². The fraction of sp³-hybridized carbons (Fsp3) is 0.389. The van der Waals surface area contributed by atoms with E-state index in [4.69, 9.17) is 4.74 Å². The molecule has 7 heteroatoms. The predicted octanol–water partition coefficient (Wildman–Crippen LogP) is 3.55. The van der Waals surface area contributed by atoms with E-state index >= 15 is 0 Å². The molecule has 25 heavy (non-hydrogen) atoms. The molecule has 3 rings (SSSR count). The van der Waals surface area contributed by atoms with Crippen molar-refractivity contribution < 1.29 is 13.2 Å². The molecule has 134 valence electrons. The minimum absolute atomic E-state index is 0.114. The lowest BCUT2D eigenvalue weighted by atomic mass is 10.2. The first-order chi connectivity index (χ1) is 12.0. The Kier molecular flexibility index (Phi) is 5.13. The van der Waals surface area contributed by atoms with Crippen molar-refractivity contribution in [2.75, 3.05) is 17.1 Å². The van der Waals surface area contributed by atoms with Gasteiger partial charge in [0.2, 0.25) is 0 Å². The molecule has 0 unspecified atom stereocenters. The number of rotatable bonds is 6. The average Bonchev–Trinajstić information content (AvgIpc) is 3.09. The first-order valence-electron chi connectivity index (χ1n) is 8.38. The highest BCUT2D eigenvalue weighted by atomic mass is 32.2. The highest BCUT2D eigenvalue weighted by Gasteiger charge is 2.20. The fourth-order valence-corrected chi connectivity index (χ4v) is 4.32. The molecule has 0 amide bonds. The zero-order valence-corrected chi connectivity index (χ0v) is 15.3. The second kappa shape index (κ2) is 7.31. The van der Waals surface area contributed by atoms with E-state index < -0.39 is 10.0 Å². The SMILES string of the molecule is COc1ccc(C)cc1S(=O)(=O)Nc1ccc(NC2CCCC2)nc1. The summed E-state index contributed by atoms with van der Waals surface area (Å²) in [6, 6.07) is 9.02. The van der Waals surface area contributed by atoms with Crippen LogP contribution in [-0.2, 0) is 10.0 Å². The van der Waals surface area contributed by atoms with Gasteiger partial charge in [0.25, 0.3) is 10.0 Å². The van der Waals surface area contributed by atoms with Crippen molar-refractivity contribution in [3.8, 4) is 5.75 Å². The third-order valence-corrected chi connectivity index (χ3v) is 5.73. The summed E-state index contributed by atoms with van der Waals surface area (Å²) in [5.41, 5.74) is 1.26. The Hall–Kier alpha value is -2.28. The topological polar surface area (TPSA) is 80.3 Å². The van der Waals surface area contributed by atoms with Crippen LogP contribution in [-0.4, -0.2) is 26.6 Å². The molecule has 0 atom stereocenters. The summed E-state index contributed by atoms with van der Waals surface area (Å²) in [5, 5.41) is 3.38. The van der Waals surface area contributed by atoms with E-state index in [1.807, 2.05) is 13.0 Å². The number of aromatic nitrogens is 1. The number of sulfonamides is 1. The van der Waals surface area contributed by atoms with Gasteiger partial charge in [-0.25, -0.2) is 13.4 Å². The molecular formula is C18H23N3O3S. The zero-order chi connectivity index (χ0) is 17.9. The number of benzene rings is 1. The number of hydrogen-bond donors (Lipinski definition) is 2. The molecule has 1 fully saturated rings. The summed E-state index contributed by atoms with van der Waals surface area (Å²) in [4.78, 5) is 4.42. The first-order valence-corrected chi connectivity index (χ1v) is 9.86. The maximum Gasteiger partial charge on any atom is 0.265 e. The molecule has 0 radical (unpaired) electrons. The van der Waals surface area contributed by atoms with Crippen LogP contribution in [0.15, 0.2) is 41.4 Å². The van der Waals surface area contributed by atoms with Gasteiger partial charge in [0, 0.05) is 6.04 Å². The maximum atomic E-state index is 12.7. The van der Waals surface area contributed by atoms with Gasteiger partial charge in [-0.05, 0) is 49.6 Å². The van der Waals surface area contributed by atoms with E-state index in [1.165, 1.54) is 26.1 Å². The average molecular weight is 361 g/mol. The molecule has 0 spiro atoms. The summed E-state index contributed by atoms with van der Waals surface area (Å²) in [6.07, 6.45) is 6.32. The number of nitrogens with one attached hydrogen (secondary N) is 2. The minimum Gasteiger partial charge on any atom is -0.495 e. The minimum atomic E-state index is -3.75. The van der Waals surface area contributed by atoms with Gasteiger partial charge in [-0.15, -0.1) is 0 Å². The van der Waals surface area contributed by atoms with Gasteiger partial charge in [0.15, 0.2) is 0 Å². The van der Waals surface area contributed by atoms with Gasteiger partial charge >= 0.3 is 0 Å². The number of ether oxygens (including phenoxy) is 1. The number of pyridine rings is 1. The first kappa shape index (κ1) is 17.5. The van der Waals surface area contributed by atoms with E-state index in [-0.39, 0.29) is 4.90 Å².